The first-order valence-electron chi connectivity index (χ1n) is 4.32. The second-order valence-electron chi connectivity index (χ2n) is 3.60. The van der Waals surface area contributed by atoms with Crippen molar-refractivity contribution >= 4 is 12.3 Å². The molecule has 3 nitrogen and oxygen atoms in total. The van der Waals surface area contributed by atoms with E-state index in [0.717, 1.165) is 0 Å². The van der Waals surface area contributed by atoms with Gasteiger partial charge in [0.15, 0.2) is 0 Å². The van der Waals surface area contributed by atoms with Crippen molar-refractivity contribution in [1.82, 2.24) is 0 Å². The Morgan fingerprint density at radius 2 is 2.08 bits per heavy atom. The normalized spacial score (nSPS) is 12.6. The highest BCUT2D eigenvalue weighted by Gasteiger charge is 2.14. The highest BCUT2D eigenvalue weighted by Crippen LogP contribution is 2.07. The summed E-state index contributed by atoms with van der Waals surface area (Å²) >= 11 is 0. The molecular weight excluding hydrogens is 166 g/mol. The molecule has 0 saturated heterocycles. The average Bonchev–Trinajstić information content (AvgIpc) is 1.94. The monoisotopic (exact) mass is 183 g/mol. The maximum atomic E-state index is 11.0. The molecular formula is C10H17NO2. The molecule has 1 amide bonds. The van der Waals surface area contributed by atoms with Crippen molar-refractivity contribution in [2.45, 2.75) is 39.7 Å². The van der Waals surface area contributed by atoms with E-state index in [9.17, 15) is 4.79 Å². The van der Waals surface area contributed by atoms with Gasteiger partial charge in [0.1, 0.15) is 5.60 Å². The van der Waals surface area contributed by atoms with Crippen molar-refractivity contribution in [3.05, 3.63) is 12.2 Å². The Balaban J connectivity index is 3.81. The number of hydrogen-bond acceptors (Lipinski definition) is 2. The van der Waals surface area contributed by atoms with E-state index < -0.39 is 11.7 Å². The molecule has 13 heavy (non-hydrogen) atoms. The molecule has 0 unspecified atom stereocenters. The van der Waals surface area contributed by atoms with Gasteiger partial charge in [-0.3, -0.25) is 0 Å². The van der Waals surface area contributed by atoms with E-state index in [1.807, 2.05) is 39.8 Å². The van der Waals surface area contributed by atoms with E-state index in [2.05, 4.69) is 4.99 Å². The van der Waals surface area contributed by atoms with Crippen LogP contribution < -0.4 is 0 Å². The van der Waals surface area contributed by atoms with Crippen LogP contribution in [0.5, 0.6) is 0 Å². The summed E-state index contributed by atoms with van der Waals surface area (Å²) in [5.74, 6) is 0. The zero-order valence-electron chi connectivity index (χ0n) is 8.70. The van der Waals surface area contributed by atoms with Crippen molar-refractivity contribution < 1.29 is 9.53 Å². The molecule has 0 fully saturated rings. The molecule has 0 aromatic heterocycles. The van der Waals surface area contributed by atoms with Gasteiger partial charge in [-0.25, -0.2) is 4.79 Å². The van der Waals surface area contributed by atoms with Crippen LogP contribution in [0, 0.1) is 0 Å². The van der Waals surface area contributed by atoms with Gasteiger partial charge < -0.3 is 4.74 Å². The summed E-state index contributed by atoms with van der Waals surface area (Å²) in [6.07, 6.45) is 5.48. The van der Waals surface area contributed by atoms with E-state index in [-0.39, 0.29) is 0 Å². The van der Waals surface area contributed by atoms with Crippen LogP contribution in [-0.2, 0) is 4.74 Å². The third-order valence-corrected chi connectivity index (χ3v) is 1.07. The third kappa shape index (κ3) is 8.79. The fraction of sp³-hybridized carbons (Fsp3) is 0.600. The van der Waals surface area contributed by atoms with Crippen molar-refractivity contribution in [2.24, 2.45) is 4.99 Å². The lowest BCUT2D eigenvalue weighted by Crippen LogP contribution is -2.21. The fourth-order valence-electron chi connectivity index (χ4n) is 0.612. The standard InChI is InChI=1S/C10H17NO2/c1-5-6-7-8-11-9(12)13-10(2,3)4/h5-6,8H,7H2,1-4H3. The predicted octanol–water partition coefficient (Wildman–Crippen LogP) is 2.96. The lowest BCUT2D eigenvalue weighted by molar-refractivity contribution is 0.0605. The Morgan fingerprint density at radius 3 is 2.54 bits per heavy atom. The van der Waals surface area contributed by atoms with Gasteiger partial charge in [0.2, 0.25) is 0 Å². The Bertz CT molecular complexity index is 211. The van der Waals surface area contributed by atoms with Crippen LogP contribution >= 0.6 is 0 Å². The summed E-state index contributed by atoms with van der Waals surface area (Å²) in [6, 6.07) is 0. The van der Waals surface area contributed by atoms with Crippen LogP contribution in [-0.4, -0.2) is 17.9 Å². The van der Waals surface area contributed by atoms with Crippen molar-refractivity contribution in [2.75, 3.05) is 0 Å². The number of nitrogens with zero attached hydrogens (tertiary/aromatic N) is 1. The third-order valence-electron chi connectivity index (χ3n) is 1.07. The molecule has 0 spiro atoms. The maximum absolute atomic E-state index is 11.0. The molecule has 0 N–H and O–H groups in total. The van der Waals surface area contributed by atoms with E-state index in [0.29, 0.717) is 6.42 Å². The molecule has 0 aliphatic carbocycles. The van der Waals surface area contributed by atoms with Crippen LogP contribution in [0.15, 0.2) is 17.1 Å². The van der Waals surface area contributed by atoms with E-state index >= 15 is 0 Å². The number of allylic oxidation sites excluding steroid dienone is 2. The van der Waals surface area contributed by atoms with Gasteiger partial charge in [-0.1, -0.05) is 12.2 Å². The van der Waals surface area contributed by atoms with Gasteiger partial charge in [0.25, 0.3) is 0 Å². The summed E-state index contributed by atoms with van der Waals surface area (Å²) in [4.78, 5) is 14.6. The molecule has 0 rings (SSSR count). The summed E-state index contributed by atoms with van der Waals surface area (Å²) in [5, 5.41) is 0. The minimum Gasteiger partial charge on any atom is -0.442 e. The van der Waals surface area contributed by atoms with Crippen LogP contribution in [0.3, 0.4) is 0 Å². The Morgan fingerprint density at radius 1 is 1.46 bits per heavy atom. The zero-order chi connectivity index (χ0) is 10.3. The summed E-state index contributed by atoms with van der Waals surface area (Å²) in [5.41, 5.74) is -0.463. The van der Waals surface area contributed by atoms with Gasteiger partial charge in [0.05, 0.1) is 0 Å². The maximum Gasteiger partial charge on any atom is 0.433 e. The molecule has 0 bridgehead atoms. The summed E-state index contributed by atoms with van der Waals surface area (Å²) in [6.45, 7) is 7.35. The number of aliphatic imine (C=N–C) groups is 1. The van der Waals surface area contributed by atoms with Crippen LogP contribution in [0.4, 0.5) is 4.79 Å². The van der Waals surface area contributed by atoms with E-state index in [1.165, 1.54) is 6.21 Å². The minimum atomic E-state index is -0.531. The fourth-order valence-corrected chi connectivity index (χ4v) is 0.612. The summed E-state index contributed by atoms with van der Waals surface area (Å²) in [7, 11) is 0. The van der Waals surface area contributed by atoms with E-state index in [1.54, 1.807) is 0 Å². The van der Waals surface area contributed by atoms with Crippen LogP contribution in [0.25, 0.3) is 0 Å². The Hall–Kier alpha value is -1.12. The smallest absolute Gasteiger partial charge is 0.433 e. The Labute approximate surface area is 79.5 Å². The van der Waals surface area contributed by atoms with Gasteiger partial charge in [0, 0.05) is 12.6 Å². The highest BCUT2D eigenvalue weighted by molar-refractivity contribution is 5.79. The molecule has 0 atom stereocenters. The average molecular weight is 183 g/mol. The lowest BCUT2D eigenvalue weighted by Gasteiger charge is -2.16. The summed E-state index contributed by atoms with van der Waals surface area (Å²) < 4.78 is 4.96. The molecule has 0 aliphatic rings. The van der Waals surface area contributed by atoms with Crippen LogP contribution in [0.1, 0.15) is 34.1 Å². The minimum absolute atomic E-state index is 0.463. The first kappa shape index (κ1) is 11.9. The molecule has 0 heterocycles. The number of carbonyl (C=O) groups is 1. The molecule has 0 aromatic rings. The van der Waals surface area contributed by atoms with Gasteiger partial charge >= 0.3 is 6.09 Å². The molecule has 0 radical (unpaired) electrons. The topological polar surface area (TPSA) is 38.7 Å². The highest BCUT2D eigenvalue weighted by atomic mass is 16.6. The number of hydrogen-bond donors (Lipinski definition) is 0. The molecule has 0 saturated carbocycles. The number of ether oxygens (including phenoxy) is 1. The van der Waals surface area contributed by atoms with Gasteiger partial charge in [-0.15, -0.1) is 0 Å². The second-order valence-corrected chi connectivity index (χ2v) is 3.60. The number of rotatable bonds is 2. The number of amides is 1. The molecule has 74 valence electrons. The second kappa shape index (κ2) is 5.51. The van der Waals surface area contributed by atoms with Gasteiger partial charge in [-0.2, -0.15) is 4.99 Å². The lowest BCUT2D eigenvalue weighted by atomic mass is 10.2. The zero-order valence-corrected chi connectivity index (χ0v) is 8.70. The Kier molecular flexibility index (Phi) is 5.04. The van der Waals surface area contributed by atoms with Gasteiger partial charge in [-0.05, 0) is 27.7 Å². The quantitative estimate of drug-likeness (QED) is 0.487. The first-order chi connectivity index (χ1) is 5.95. The van der Waals surface area contributed by atoms with E-state index in [4.69, 9.17) is 4.74 Å². The van der Waals surface area contributed by atoms with Crippen molar-refractivity contribution in [1.29, 1.82) is 0 Å². The molecule has 0 aliphatic heterocycles. The largest absolute Gasteiger partial charge is 0.442 e. The first-order valence-corrected chi connectivity index (χ1v) is 4.32. The van der Waals surface area contributed by atoms with Crippen molar-refractivity contribution in [3.8, 4) is 0 Å². The van der Waals surface area contributed by atoms with Crippen molar-refractivity contribution in [3.63, 3.8) is 0 Å². The SMILES string of the molecule is CC=CCC=NC(=O)OC(C)(C)C. The molecule has 3 heteroatoms. The predicted molar refractivity (Wildman–Crippen MR) is 54.2 cm³/mol. The number of carbonyl (C=O) groups excluding carboxylic acids is 1. The molecule has 0 aromatic carbocycles. The van der Waals surface area contributed by atoms with Crippen LogP contribution in [0.2, 0.25) is 0 Å².